The SMILES string of the molecule is Cc1c(C(=O)NNC(=O)N(C)C)cc(C(=O)NCc2ccc(S(C)(=O)=O)cc2)c(=O)n1-c1cccc(C(F)(F)F)c1. The van der Waals surface area contributed by atoms with Crippen molar-refractivity contribution in [2.45, 2.75) is 24.5 Å². The van der Waals surface area contributed by atoms with Gasteiger partial charge in [-0.05, 0) is 48.9 Å². The van der Waals surface area contributed by atoms with Crippen LogP contribution in [0.3, 0.4) is 0 Å². The molecule has 4 amide bonds. The van der Waals surface area contributed by atoms with Crippen molar-refractivity contribution in [3.63, 3.8) is 0 Å². The largest absolute Gasteiger partial charge is 0.416 e. The molecular formula is C26H26F3N5O6S. The number of sulfone groups is 1. The zero-order valence-electron chi connectivity index (χ0n) is 22.3. The molecule has 15 heteroatoms. The first-order valence-electron chi connectivity index (χ1n) is 11.8. The fraction of sp³-hybridized carbons (Fsp3) is 0.231. The Morgan fingerprint density at radius 1 is 0.927 bits per heavy atom. The fourth-order valence-electron chi connectivity index (χ4n) is 3.65. The number of nitrogens with zero attached hydrogens (tertiary/aromatic N) is 2. The Balaban J connectivity index is 2.05. The van der Waals surface area contributed by atoms with Gasteiger partial charge in [-0.25, -0.2) is 18.6 Å². The molecule has 0 atom stereocenters. The molecule has 1 aromatic heterocycles. The summed E-state index contributed by atoms with van der Waals surface area (Å²) in [5.41, 5.74) is 1.51. The fourth-order valence-corrected chi connectivity index (χ4v) is 4.28. The minimum atomic E-state index is -4.73. The molecule has 11 nitrogen and oxygen atoms in total. The Hall–Kier alpha value is -4.66. The van der Waals surface area contributed by atoms with Crippen LogP contribution in [0.25, 0.3) is 5.69 Å². The third-order valence-corrected chi connectivity index (χ3v) is 6.99. The van der Waals surface area contributed by atoms with Crippen LogP contribution in [0.2, 0.25) is 0 Å². The molecule has 3 aromatic rings. The van der Waals surface area contributed by atoms with Gasteiger partial charge in [0.1, 0.15) is 5.56 Å². The topological polar surface area (TPSA) is 147 Å². The molecule has 0 spiro atoms. The highest BCUT2D eigenvalue weighted by Gasteiger charge is 2.31. The Morgan fingerprint density at radius 2 is 1.56 bits per heavy atom. The maximum absolute atomic E-state index is 13.4. The third kappa shape index (κ3) is 7.30. The van der Waals surface area contributed by atoms with Crippen LogP contribution < -0.4 is 21.7 Å². The summed E-state index contributed by atoms with van der Waals surface area (Å²) in [5.74, 6) is -1.89. The van der Waals surface area contributed by atoms with E-state index in [0.717, 1.165) is 33.9 Å². The quantitative estimate of drug-likeness (QED) is 0.374. The van der Waals surface area contributed by atoms with Gasteiger partial charge in [0.15, 0.2) is 9.84 Å². The second-order valence-electron chi connectivity index (χ2n) is 9.12. The van der Waals surface area contributed by atoms with Gasteiger partial charge in [-0.3, -0.25) is 24.4 Å². The molecule has 0 unspecified atom stereocenters. The number of amides is 4. The molecular weight excluding hydrogens is 567 g/mol. The number of aromatic nitrogens is 1. The van der Waals surface area contributed by atoms with Gasteiger partial charge in [-0.2, -0.15) is 13.2 Å². The highest BCUT2D eigenvalue weighted by Crippen LogP contribution is 2.30. The standard InChI is InChI=1S/C26H26F3N5O6S/c1-15-20(23(36)31-32-25(38)33(2)3)13-21(22(35)30-14-16-8-10-19(11-9-16)41(4,39)40)24(37)34(15)18-7-5-6-17(12-18)26(27,28)29/h5-13H,14H2,1-4H3,(H,30,35)(H,31,36)(H,32,38). The van der Waals surface area contributed by atoms with Crippen molar-refractivity contribution in [3.8, 4) is 5.69 Å². The Labute approximate surface area is 232 Å². The number of carbonyl (C=O) groups excluding carboxylic acids is 3. The van der Waals surface area contributed by atoms with Crippen LogP contribution in [0.1, 0.15) is 37.5 Å². The molecule has 0 saturated carbocycles. The Kier molecular flexibility index (Phi) is 8.91. The highest BCUT2D eigenvalue weighted by atomic mass is 32.2. The third-order valence-electron chi connectivity index (χ3n) is 5.86. The van der Waals surface area contributed by atoms with E-state index < -0.39 is 50.5 Å². The molecule has 2 aromatic carbocycles. The molecule has 3 N–H and O–H groups in total. The van der Waals surface area contributed by atoms with Gasteiger partial charge in [0, 0.05) is 38.3 Å². The second-order valence-corrected chi connectivity index (χ2v) is 11.1. The molecule has 0 aliphatic heterocycles. The maximum Gasteiger partial charge on any atom is 0.416 e. The van der Waals surface area contributed by atoms with E-state index in [0.29, 0.717) is 11.6 Å². The molecule has 0 fully saturated rings. The van der Waals surface area contributed by atoms with Crippen LogP contribution in [0.15, 0.2) is 64.3 Å². The zero-order valence-corrected chi connectivity index (χ0v) is 23.1. The lowest BCUT2D eigenvalue weighted by Crippen LogP contribution is -2.47. The lowest BCUT2D eigenvalue weighted by molar-refractivity contribution is -0.137. The molecule has 3 rings (SSSR count). The van der Waals surface area contributed by atoms with Gasteiger partial charge >= 0.3 is 12.2 Å². The number of urea groups is 1. The number of carbonyl (C=O) groups is 3. The Morgan fingerprint density at radius 3 is 2.12 bits per heavy atom. The van der Waals surface area contributed by atoms with Crippen molar-refractivity contribution < 1.29 is 36.0 Å². The highest BCUT2D eigenvalue weighted by molar-refractivity contribution is 7.90. The average Bonchev–Trinajstić information content (AvgIpc) is 2.89. The normalized spacial score (nSPS) is 11.5. The van der Waals surface area contributed by atoms with E-state index in [1.54, 1.807) is 0 Å². The molecule has 0 aliphatic carbocycles. The first-order valence-corrected chi connectivity index (χ1v) is 13.7. The zero-order chi connectivity index (χ0) is 30.7. The van der Waals surface area contributed by atoms with E-state index in [2.05, 4.69) is 16.2 Å². The van der Waals surface area contributed by atoms with Gasteiger partial charge < -0.3 is 10.2 Å². The minimum Gasteiger partial charge on any atom is -0.348 e. The number of halogens is 3. The number of alkyl halides is 3. The molecule has 41 heavy (non-hydrogen) atoms. The molecule has 0 aliphatic rings. The number of rotatable bonds is 6. The average molecular weight is 594 g/mol. The molecule has 218 valence electrons. The van der Waals surface area contributed by atoms with Crippen molar-refractivity contribution in [3.05, 3.63) is 92.9 Å². The summed E-state index contributed by atoms with van der Waals surface area (Å²) in [7, 11) is -0.615. The van der Waals surface area contributed by atoms with Crippen molar-refractivity contribution in [1.29, 1.82) is 0 Å². The molecule has 0 bridgehead atoms. The number of hydrazine groups is 1. The predicted octanol–water partition coefficient (Wildman–Crippen LogP) is 2.41. The van der Waals surface area contributed by atoms with E-state index in [-0.39, 0.29) is 28.4 Å². The lowest BCUT2D eigenvalue weighted by atomic mass is 10.1. The number of nitrogens with one attached hydrogen (secondary N) is 3. The van der Waals surface area contributed by atoms with E-state index >= 15 is 0 Å². The van der Waals surface area contributed by atoms with E-state index in [9.17, 15) is 40.8 Å². The molecule has 0 saturated heterocycles. The number of hydrogen-bond acceptors (Lipinski definition) is 6. The summed E-state index contributed by atoms with van der Waals surface area (Å²) < 4.78 is 64.3. The summed E-state index contributed by atoms with van der Waals surface area (Å²) in [5, 5.41) is 2.49. The van der Waals surface area contributed by atoms with Gasteiger partial charge in [-0.1, -0.05) is 18.2 Å². The summed E-state index contributed by atoms with van der Waals surface area (Å²) in [6.45, 7) is 1.16. The van der Waals surface area contributed by atoms with Crippen molar-refractivity contribution in [2.75, 3.05) is 20.4 Å². The van der Waals surface area contributed by atoms with Gasteiger partial charge in [0.05, 0.1) is 16.0 Å². The lowest BCUT2D eigenvalue weighted by Gasteiger charge is -2.18. The maximum atomic E-state index is 13.4. The number of hydrogen-bond donors (Lipinski definition) is 3. The molecule has 0 radical (unpaired) electrons. The summed E-state index contributed by atoms with van der Waals surface area (Å²) in [4.78, 5) is 52.5. The first kappa shape index (κ1) is 30.9. The Bertz CT molecular complexity index is 1670. The van der Waals surface area contributed by atoms with Crippen LogP contribution in [-0.2, 0) is 22.6 Å². The van der Waals surface area contributed by atoms with Gasteiger partial charge in [0.2, 0.25) is 0 Å². The second kappa shape index (κ2) is 11.8. The van der Waals surface area contributed by atoms with E-state index in [1.807, 2.05) is 0 Å². The predicted molar refractivity (Wildman–Crippen MR) is 142 cm³/mol. The number of pyridine rings is 1. The van der Waals surface area contributed by atoms with Crippen molar-refractivity contribution in [1.82, 2.24) is 25.6 Å². The number of benzene rings is 2. The van der Waals surface area contributed by atoms with Crippen molar-refractivity contribution in [2.24, 2.45) is 0 Å². The molecule has 1 heterocycles. The summed E-state index contributed by atoms with van der Waals surface area (Å²) in [6.07, 6.45) is -3.69. The smallest absolute Gasteiger partial charge is 0.348 e. The van der Waals surface area contributed by atoms with Crippen LogP contribution in [0.5, 0.6) is 0 Å². The van der Waals surface area contributed by atoms with Crippen LogP contribution in [-0.4, -0.2) is 56.1 Å². The van der Waals surface area contributed by atoms with Gasteiger partial charge in [0.25, 0.3) is 17.4 Å². The summed E-state index contributed by atoms with van der Waals surface area (Å²) in [6, 6.07) is 9.68. The summed E-state index contributed by atoms with van der Waals surface area (Å²) >= 11 is 0. The van der Waals surface area contributed by atoms with Crippen LogP contribution in [0, 0.1) is 6.92 Å². The van der Waals surface area contributed by atoms with Crippen LogP contribution >= 0.6 is 0 Å². The van der Waals surface area contributed by atoms with E-state index in [4.69, 9.17) is 0 Å². The van der Waals surface area contributed by atoms with Gasteiger partial charge in [-0.15, -0.1) is 0 Å². The first-order chi connectivity index (χ1) is 19.0. The van der Waals surface area contributed by atoms with Crippen molar-refractivity contribution >= 4 is 27.7 Å². The monoisotopic (exact) mass is 593 g/mol. The minimum absolute atomic E-state index is 0.0621. The van der Waals surface area contributed by atoms with E-state index in [1.165, 1.54) is 51.4 Å². The van der Waals surface area contributed by atoms with Crippen LogP contribution in [0.4, 0.5) is 18.0 Å².